The van der Waals surface area contributed by atoms with Crippen LogP contribution in [0.2, 0.25) is 0 Å². The van der Waals surface area contributed by atoms with Crippen LogP contribution in [0.1, 0.15) is 28.9 Å². The van der Waals surface area contributed by atoms with E-state index in [9.17, 15) is 4.79 Å². The second-order valence-electron chi connectivity index (χ2n) is 4.73. The third kappa shape index (κ3) is 3.56. The van der Waals surface area contributed by atoms with Gasteiger partial charge in [-0.3, -0.25) is 4.79 Å². The van der Waals surface area contributed by atoms with E-state index in [-0.39, 0.29) is 18.6 Å². The van der Waals surface area contributed by atoms with E-state index in [1.165, 1.54) is 0 Å². The number of aromatic nitrogens is 1. The average molecular weight is 273 g/mol. The molecule has 2 N–H and O–H groups in total. The predicted octanol–water partition coefficient (Wildman–Crippen LogP) is 0.643. The number of pyridine rings is 1. The Balaban J connectivity index is 2.11. The third-order valence-electron chi connectivity index (χ3n) is 3.18. The summed E-state index contributed by atoms with van der Waals surface area (Å²) >= 11 is 0. The van der Waals surface area contributed by atoms with Gasteiger partial charge in [-0.25, -0.2) is 4.98 Å². The number of carbonyl (C=O) groups excluding carboxylic acids is 1. The summed E-state index contributed by atoms with van der Waals surface area (Å²) in [5.41, 5.74) is 6.35. The first kappa shape index (κ1) is 14.5. The molecule has 1 atom stereocenters. The summed E-state index contributed by atoms with van der Waals surface area (Å²) in [4.78, 5) is 18.2. The van der Waals surface area contributed by atoms with Gasteiger partial charge in [-0.1, -0.05) is 11.8 Å². The van der Waals surface area contributed by atoms with E-state index in [0.29, 0.717) is 17.8 Å². The zero-order valence-electron chi connectivity index (χ0n) is 11.6. The Morgan fingerprint density at radius 2 is 2.50 bits per heavy atom. The Morgan fingerprint density at radius 3 is 3.20 bits per heavy atom. The van der Waals surface area contributed by atoms with Crippen LogP contribution in [-0.4, -0.2) is 48.6 Å². The second kappa shape index (κ2) is 7.04. The molecule has 1 aliphatic rings. The Labute approximate surface area is 119 Å². The molecule has 0 spiro atoms. The van der Waals surface area contributed by atoms with Gasteiger partial charge in [0.15, 0.2) is 0 Å². The molecule has 0 bridgehead atoms. The minimum absolute atomic E-state index is 0.131. The van der Waals surface area contributed by atoms with Crippen molar-refractivity contribution in [2.24, 2.45) is 5.73 Å². The number of likely N-dealkylation sites (N-methyl/N-ethyl adjacent to an activating group) is 1. The van der Waals surface area contributed by atoms with Crippen LogP contribution >= 0.6 is 0 Å². The molecule has 1 amide bonds. The number of nitrogens with zero attached hydrogens (tertiary/aromatic N) is 2. The number of hydrogen-bond donors (Lipinski definition) is 1. The number of hydrogen-bond acceptors (Lipinski definition) is 4. The fraction of sp³-hybridized carbons (Fsp3) is 0.467. The number of ether oxygens (including phenoxy) is 1. The van der Waals surface area contributed by atoms with Crippen LogP contribution in [0.15, 0.2) is 18.3 Å². The summed E-state index contributed by atoms with van der Waals surface area (Å²) in [5, 5.41) is 0. The van der Waals surface area contributed by atoms with Crippen molar-refractivity contribution in [3.8, 4) is 11.8 Å². The first-order valence-electron chi connectivity index (χ1n) is 6.73. The van der Waals surface area contributed by atoms with Crippen LogP contribution in [0.3, 0.4) is 0 Å². The highest BCUT2D eigenvalue weighted by molar-refractivity contribution is 5.94. The summed E-state index contributed by atoms with van der Waals surface area (Å²) in [6, 6.07) is 3.54. The number of rotatable bonds is 3. The van der Waals surface area contributed by atoms with Gasteiger partial charge in [0.05, 0.1) is 18.2 Å². The number of carbonyl (C=O) groups is 1. The smallest absolute Gasteiger partial charge is 0.273 e. The molecular formula is C15H19N3O2. The summed E-state index contributed by atoms with van der Waals surface area (Å²) in [7, 11) is 1.76. The molecule has 0 aromatic carbocycles. The fourth-order valence-corrected chi connectivity index (χ4v) is 2.18. The van der Waals surface area contributed by atoms with E-state index in [1.54, 1.807) is 30.3 Å². The van der Waals surface area contributed by atoms with Gasteiger partial charge in [0.25, 0.3) is 5.91 Å². The SMILES string of the molecule is CN(CC1CCCO1)C(=O)c1ncccc1C#CCN. The van der Waals surface area contributed by atoms with Crippen LogP contribution in [-0.2, 0) is 4.74 Å². The van der Waals surface area contributed by atoms with Gasteiger partial charge in [-0.2, -0.15) is 0 Å². The van der Waals surface area contributed by atoms with Crippen LogP contribution in [0.25, 0.3) is 0 Å². The van der Waals surface area contributed by atoms with Crippen LogP contribution in [0.5, 0.6) is 0 Å². The molecule has 0 saturated carbocycles. The molecule has 0 aliphatic carbocycles. The summed E-state index contributed by atoms with van der Waals surface area (Å²) in [6.45, 7) is 1.62. The maximum absolute atomic E-state index is 12.4. The van der Waals surface area contributed by atoms with Gasteiger partial charge in [0, 0.05) is 26.4 Å². The molecule has 2 rings (SSSR count). The molecule has 5 heteroatoms. The van der Waals surface area contributed by atoms with Crippen molar-refractivity contribution in [1.29, 1.82) is 0 Å². The third-order valence-corrected chi connectivity index (χ3v) is 3.18. The Kier molecular flexibility index (Phi) is 5.10. The Hall–Kier alpha value is -1.90. The first-order chi connectivity index (χ1) is 9.72. The van der Waals surface area contributed by atoms with E-state index < -0.39 is 0 Å². The minimum Gasteiger partial charge on any atom is -0.376 e. The molecule has 1 aliphatic heterocycles. The standard InChI is InChI=1S/C15H19N3O2/c1-18(11-13-7-4-10-20-13)15(19)14-12(5-2-8-16)6-3-9-17-14/h3,6,9,13H,4,7-8,10-11,16H2,1H3. The van der Waals surface area contributed by atoms with Crippen LogP contribution < -0.4 is 5.73 Å². The highest BCUT2D eigenvalue weighted by Crippen LogP contribution is 2.14. The van der Waals surface area contributed by atoms with Gasteiger partial charge < -0.3 is 15.4 Å². The molecule has 1 unspecified atom stereocenters. The van der Waals surface area contributed by atoms with Crippen molar-refractivity contribution in [2.45, 2.75) is 18.9 Å². The molecule has 1 saturated heterocycles. The van der Waals surface area contributed by atoms with Gasteiger partial charge in [-0.15, -0.1) is 0 Å². The van der Waals surface area contributed by atoms with Gasteiger partial charge in [0.2, 0.25) is 0 Å². The fourth-order valence-electron chi connectivity index (χ4n) is 2.18. The van der Waals surface area contributed by atoms with E-state index in [0.717, 1.165) is 19.4 Å². The largest absolute Gasteiger partial charge is 0.376 e. The number of amides is 1. The predicted molar refractivity (Wildman–Crippen MR) is 76.1 cm³/mol. The highest BCUT2D eigenvalue weighted by Gasteiger charge is 2.22. The van der Waals surface area contributed by atoms with E-state index >= 15 is 0 Å². The Morgan fingerprint density at radius 1 is 1.65 bits per heavy atom. The van der Waals surface area contributed by atoms with Crippen molar-refractivity contribution >= 4 is 5.91 Å². The van der Waals surface area contributed by atoms with Crippen LogP contribution in [0.4, 0.5) is 0 Å². The average Bonchev–Trinajstić information content (AvgIpc) is 2.97. The maximum atomic E-state index is 12.4. The van der Waals surface area contributed by atoms with Crippen molar-refractivity contribution in [3.63, 3.8) is 0 Å². The zero-order valence-corrected chi connectivity index (χ0v) is 11.6. The van der Waals surface area contributed by atoms with Crippen molar-refractivity contribution < 1.29 is 9.53 Å². The van der Waals surface area contributed by atoms with Crippen molar-refractivity contribution in [3.05, 3.63) is 29.6 Å². The van der Waals surface area contributed by atoms with Gasteiger partial charge in [-0.05, 0) is 25.0 Å². The molecule has 1 aromatic rings. The monoisotopic (exact) mass is 273 g/mol. The molecule has 1 aromatic heterocycles. The topological polar surface area (TPSA) is 68.5 Å². The van der Waals surface area contributed by atoms with Gasteiger partial charge >= 0.3 is 0 Å². The molecule has 20 heavy (non-hydrogen) atoms. The summed E-state index contributed by atoms with van der Waals surface area (Å²) in [6.07, 6.45) is 3.79. The van der Waals surface area contributed by atoms with E-state index in [1.807, 2.05) is 0 Å². The van der Waals surface area contributed by atoms with Crippen molar-refractivity contribution in [1.82, 2.24) is 9.88 Å². The summed E-state index contributed by atoms with van der Waals surface area (Å²) in [5.74, 6) is 5.50. The lowest BCUT2D eigenvalue weighted by molar-refractivity contribution is 0.0582. The summed E-state index contributed by atoms with van der Waals surface area (Å²) < 4.78 is 5.55. The normalized spacial score (nSPS) is 17.4. The Bertz CT molecular complexity index is 527. The lowest BCUT2D eigenvalue weighted by Crippen LogP contribution is -2.34. The number of nitrogens with two attached hydrogens (primary N) is 1. The lowest BCUT2D eigenvalue weighted by atomic mass is 10.1. The van der Waals surface area contributed by atoms with E-state index in [2.05, 4.69) is 16.8 Å². The molecule has 2 heterocycles. The quantitative estimate of drug-likeness (QED) is 0.821. The second-order valence-corrected chi connectivity index (χ2v) is 4.73. The van der Waals surface area contributed by atoms with E-state index in [4.69, 9.17) is 10.5 Å². The molecule has 0 radical (unpaired) electrons. The van der Waals surface area contributed by atoms with Gasteiger partial charge in [0.1, 0.15) is 5.69 Å². The molecule has 1 fully saturated rings. The lowest BCUT2D eigenvalue weighted by Gasteiger charge is -2.20. The molecule has 5 nitrogen and oxygen atoms in total. The first-order valence-corrected chi connectivity index (χ1v) is 6.73. The highest BCUT2D eigenvalue weighted by atomic mass is 16.5. The molecule has 106 valence electrons. The van der Waals surface area contributed by atoms with Crippen molar-refractivity contribution in [2.75, 3.05) is 26.7 Å². The maximum Gasteiger partial charge on any atom is 0.273 e. The molecular weight excluding hydrogens is 254 g/mol. The minimum atomic E-state index is -0.137. The van der Waals surface area contributed by atoms with Crippen LogP contribution in [0, 0.1) is 11.8 Å². The zero-order chi connectivity index (χ0) is 14.4.